The molecule has 0 unspecified atom stereocenters. The molecule has 29 heavy (non-hydrogen) atoms. The second kappa shape index (κ2) is 8.86. The van der Waals surface area contributed by atoms with Gasteiger partial charge in [-0.3, -0.25) is 0 Å². The van der Waals surface area contributed by atoms with Crippen LogP contribution in [0.3, 0.4) is 0 Å². The van der Waals surface area contributed by atoms with Crippen molar-refractivity contribution in [3.05, 3.63) is 77.9 Å². The van der Waals surface area contributed by atoms with Gasteiger partial charge in [-0.25, -0.2) is 8.42 Å². The van der Waals surface area contributed by atoms with Crippen LogP contribution in [0.15, 0.2) is 70.1 Å². The maximum Gasteiger partial charge on any atom is 0.252 e. The highest BCUT2D eigenvalue weighted by atomic mass is 32.2. The second-order valence-corrected chi connectivity index (χ2v) is 8.95. The van der Waals surface area contributed by atoms with E-state index in [2.05, 4.69) is 10.1 Å². The molecule has 1 aliphatic heterocycles. The summed E-state index contributed by atoms with van der Waals surface area (Å²) in [5.41, 5.74) is 1.08. The van der Waals surface area contributed by atoms with E-state index in [9.17, 15) is 8.42 Å². The van der Waals surface area contributed by atoms with Gasteiger partial charge in [0.25, 0.3) is 5.89 Å². The summed E-state index contributed by atoms with van der Waals surface area (Å²) in [4.78, 5) is 4.77. The average Bonchev–Trinajstić information content (AvgIpc) is 3.24. The second-order valence-electron chi connectivity index (χ2n) is 7.02. The van der Waals surface area contributed by atoms with Gasteiger partial charge in [-0.2, -0.15) is 9.29 Å². The summed E-state index contributed by atoms with van der Waals surface area (Å²) in [6.45, 7) is 1.62. The Morgan fingerprint density at radius 2 is 1.62 bits per heavy atom. The Kier molecular flexibility index (Phi) is 6.03. The minimum absolute atomic E-state index is 0.0869. The normalized spacial score (nSPS) is 16.1. The van der Waals surface area contributed by atoms with Crippen LogP contribution in [0.4, 0.5) is 0 Å². The quantitative estimate of drug-likeness (QED) is 0.590. The van der Waals surface area contributed by atoms with Crippen molar-refractivity contribution >= 4 is 10.0 Å². The van der Waals surface area contributed by atoms with Crippen LogP contribution in [-0.2, 0) is 28.0 Å². The lowest BCUT2D eigenvalue weighted by atomic mass is 9.98. The molecule has 0 N–H and O–H groups in total. The third-order valence-corrected chi connectivity index (χ3v) is 6.93. The number of benzene rings is 2. The molecule has 4 rings (SSSR count). The van der Waals surface area contributed by atoms with Crippen LogP contribution in [0.1, 0.15) is 36.0 Å². The lowest BCUT2D eigenvalue weighted by molar-refractivity contribution is 0.0850. The topological polar surface area (TPSA) is 85.5 Å². The molecule has 2 aromatic carbocycles. The van der Waals surface area contributed by atoms with Crippen molar-refractivity contribution in [3.63, 3.8) is 0 Å². The SMILES string of the molecule is O=S(=O)(c1ccccc1)N1CCC(c2noc(COCc3ccccc3)n2)CC1. The molecule has 2 heterocycles. The standard InChI is InChI=1S/C21H23N3O4S/c25-29(26,19-9-5-2-6-10-19)24-13-11-18(12-14-24)21-22-20(28-23-21)16-27-15-17-7-3-1-4-8-17/h1-10,18H,11-16H2. The van der Waals surface area contributed by atoms with Crippen LogP contribution >= 0.6 is 0 Å². The molecule has 0 spiro atoms. The van der Waals surface area contributed by atoms with Crippen molar-refractivity contribution in [2.75, 3.05) is 13.1 Å². The molecule has 7 nitrogen and oxygen atoms in total. The van der Waals surface area contributed by atoms with Crippen molar-refractivity contribution < 1.29 is 17.7 Å². The molecule has 0 atom stereocenters. The molecule has 0 saturated carbocycles. The summed E-state index contributed by atoms with van der Waals surface area (Å²) < 4.78 is 37.9. The number of sulfonamides is 1. The van der Waals surface area contributed by atoms with E-state index in [0.29, 0.717) is 49.1 Å². The fourth-order valence-electron chi connectivity index (χ4n) is 3.42. The summed E-state index contributed by atoms with van der Waals surface area (Å²) in [6.07, 6.45) is 1.33. The molecule has 3 aromatic rings. The predicted molar refractivity (Wildman–Crippen MR) is 106 cm³/mol. The Labute approximate surface area is 170 Å². The summed E-state index contributed by atoms with van der Waals surface area (Å²) in [6, 6.07) is 18.4. The smallest absolute Gasteiger partial charge is 0.252 e. The molecule has 0 bridgehead atoms. The van der Waals surface area contributed by atoms with Gasteiger partial charge in [-0.1, -0.05) is 53.7 Å². The van der Waals surface area contributed by atoms with Crippen LogP contribution in [0.2, 0.25) is 0 Å². The van der Waals surface area contributed by atoms with E-state index in [4.69, 9.17) is 9.26 Å². The highest BCUT2D eigenvalue weighted by molar-refractivity contribution is 7.89. The number of piperidine rings is 1. The fraction of sp³-hybridized carbons (Fsp3) is 0.333. The zero-order valence-corrected chi connectivity index (χ0v) is 16.8. The maximum absolute atomic E-state index is 12.7. The zero-order chi connectivity index (χ0) is 20.1. The van der Waals surface area contributed by atoms with Gasteiger partial charge in [0, 0.05) is 19.0 Å². The van der Waals surface area contributed by atoms with Gasteiger partial charge >= 0.3 is 0 Å². The van der Waals surface area contributed by atoms with Gasteiger partial charge in [0.05, 0.1) is 11.5 Å². The molecule has 0 radical (unpaired) electrons. The molecule has 1 fully saturated rings. The number of aromatic nitrogens is 2. The third-order valence-electron chi connectivity index (χ3n) is 5.02. The lowest BCUT2D eigenvalue weighted by Gasteiger charge is -2.29. The minimum Gasteiger partial charge on any atom is -0.367 e. The average molecular weight is 413 g/mol. The molecule has 1 saturated heterocycles. The van der Waals surface area contributed by atoms with Crippen molar-refractivity contribution in [2.24, 2.45) is 0 Å². The van der Waals surface area contributed by atoms with E-state index in [1.54, 1.807) is 24.3 Å². The number of hydrogen-bond acceptors (Lipinski definition) is 6. The molecular weight excluding hydrogens is 390 g/mol. The molecule has 152 valence electrons. The van der Waals surface area contributed by atoms with Crippen molar-refractivity contribution in [1.29, 1.82) is 0 Å². The minimum atomic E-state index is -3.45. The Morgan fingerprint density at radius 3 is 2.31 bits per heavy atom. The van der Waals surface area contributed by atoms with Gasteiger partial charge in [0.15, 0.2) is 5.82 Å². The van der Waals surface area contributed by atoms with Gasteiger partial charge < -0.3 is 9.26 Å². The van der Waals surface area contributed by atoms with Crippen LogP contribution in [0.5, 0.6) is 0 Å². The lowest BCUT2D eigenvalue weighted by Crippen LogP contribution is -2.38. The Balaban J connectivity index is 1.30. The first kappa shape index (κ1) is 19.8. The van der Waals surface area contributed by atoms with Gasteiger partial charge in [-0.05, 0) is 30.5 Å². The summed E-state index contributed by atoms with van der Waals surface area (Å²) >= 11 is 0. The van der Waals surface area contributed by atoms with Gasteiger partial charge in [0.2, 0.25) is 10.0 Å². The summed E-state index contributed by atoms with van der Waals surface area (Å²) in [5.74, 6) is 1.15. The maximum atomic E-state index is 12.7. The summed E-state index contributed by atoms with van der Waals surface area (Å²) in [5, 5.41) is 4.08. The van der Waals surface area contributed by atoms with Gasteiger partial charge in [0.1, 0.15) is 6.61 Å². The van der Waals surface area contributed by atoms with E-state index in [1.165, 1.54) is 4.31 Å². The Hall–Kier alpha value is -2.55. The van der Waals surface area contributed by atoms with E-state index < -0.39 is 10.0 Å². The Morgan fingerprint density at radius 1 is 0.966 bits per heavy atom. The molecule has 1 aromatic heterocycles. The van der Waals surface area contributed by atoms with Crippen LogP contribution in [-0.4, -0.2) is 36.0 Å². The highest BCUT2D eigenvalue weighted by Gasteiger charge is 2.31. The first-order valence-corrected chi connectivity index (χ1v) is 11.1. The number of rotatable bonds is 7. The van der Waals surface area contributed by atoms with Gasteiger partial charge in [-0.15, -0.1) is 0 Å². The number of ether oxygens (including phenoxy) is 1. The zero-order valence-electron chi connectivity index (χ0n) is 16.0. The van der Waals surface area contributed by atoms with E-state index in [-0.39, 0.29) is 12.5 Å². The van der Waals surface area contributed by atoms with Crippen LogP contribution < -0.4 is 0 Å². The highest BCUT2D eigenvalue weighted by Crippen LogP contribution is 2.29. The van der Waals surface area contributed by atoms with E-state index in [0.717, 1.165) is 5.56 Å². The van der Waals surface area contributed by atoms with E-state index >= 15 is 0 Å². The van der Waals surface area contributed by atoms with Crippen LogP contribution in [0.25, 0.3) is 0 Å². The molecule has 8 heteroatoms. The largest absolute Gasteiger partial charge is 0.367 e. The monoisotopic (exact) mass is 413 g/mol. The number of nitrogens with zero attached hydrogens (tertiary/aromatic N) is 3. The van der Waals surface area contributed by atoms with E-state index in [1.807, 2.05) is 36.4 Å². The van der Waals surface area contributed by atoms with Crippen molar-refractivity contribution in [3.8, 4) is 0 Å². The third kappa shape index (κ3) is 4.72. The predicted octanol–water partition coefficient (Wildman–Crippen LogP) is 3.35. The summed E-state index contributed by atoms with van der Waals surface area (Å²) in [7, 11) is -3.45. The molecular formula is C21H23N3O4S. The Bertz CT molecular complexity index is 1010. The van der Waals surface area contributed by atoms with Crippen molar-refractivity contribution in [2.45, 2.75) is 36.9 Å². The van der Waals surface area contributed by atoms with Crippen molar-refractivity contribution in [1.82, 2.24) is 14.4 Å². The fourth-order valence-corrected chi connectivity index (χ4v) is 4.91. The molecule has 0 aliphatic carbocycles. The number of hydrogen-bond donors (Lipinski definition) is 0. The molecule has 0 amide bonds. The molecule has 1 aliphatic rings. The first-order valence-electron chi connectivity index (χ1n) is 9.62. The van der Waals surface area contributed by atoms with Crippen LogP contribution in [0, 0.1) is 0 Å². The first-order chi connectivity index (χ1) is 14.1.